The number of nitrogens with zero attached hydrogens (tertiary/aromatic N) is 1. The van der Waals surface area contributed by atoms with E-state index in [0.717, 1.165) is 53.6 Å². The van der Waals surface area contributed by atoms with Crippen molar-refractivity contribution in [3.05, 3.63) is 58.6 Å². The zero-order valence-corrected chi connectivity index (χ0v) is 18.4. The number of carbonyl (C=O) groups is 2. The Morgan fingerprint density at radius 1 is 1.12 bits per heavy atom. The SMILES string of the molecule is CC(=O)C1CC2(CC(NC(=O)c3csc4ccn(Cc5ccc(C(F)(F)F)cc5)c34)C2)C1. The summed E-state index contributed by atoms with van der Waals surface area (Å²) in [5, 5.41) is 4.97. The summed E-state index contributed by atoms with van der Waals surface area (Å²) in [4.78, 5) is 24.4. The third-order valence-electron chi connectivity index (χ3n) is 6.99. The Kier molecular flexibility index (Phi) is 4.96. The van der Waals surface area contributed by atoms with Gasteiger partial charge in [-0.3, -0.25) is 9.59 Å². The number of amides is 1. The third-order valence-corrected chi connectivity index (χ3v) is 7.93. The molecule has 0 bridgehead atoms. The van der Waals surface area contributed by atoms with E-state index in [1.807, 2.05) is 22.2 Å². The van der Waals surface area contributed by atoms with Gasteiger partial charge in [-0.25, -0.2) is 0 Å². The molecule has 1 N–H and O–H groups in total. The molecular weight excluding hydrogens is 437 g/mol. The first kappa shape index (κ1) is 21.2. The van der Waals surface area contributed by atoms with Gasteiger partial charge in [-0.1, -0.05) is 12.1 Å². The van der Waals surface area contributed by atoms with E-state index in [1.54, 1.807) is 6.92 Å². The summed E-state index contributed by atoms with van der Waals surface area (Å²) in [5.41, 5.74) is 1.70. The summed E-state index contributed by atoms with van der Waals surface area (Å²) in [7, 11) is 0. The molecule has 3 aromatic rings. The van der Waals surface area contributed by atoms with Crippen LogP contribution in [0.1, 0.15) is 54.1 Å². The highest BCUT2D eigenvalue weighted by atomic mass is 32.1. The Labute approximate surface area is 187 Å². The number of halogens is 3. The second-order valence-corrected chi connectivity index (χ2v) is 10.2. The van der Waals surface area contributed by atoms with Crippen molar-refractivity contribution in [1.82, 2.24) is 9.88 Å². The van der Waals surface area contributed by atoms with E-state index in [9.17, 15) is 22.8 Å². The zero-order chi connectivity index (χ0) is 22.7. The van der Waals surface area contributed by atoms with E-state index in [4.69, 9.17) is 0 Å². The fourth-order valence-corrected chi connectivity index (χ4v) is 6.20. The molecule has 0 unspecified atom stereocenters. The van der Waals surface area contributed by atoms with Crippen LogP contribution in [0.25, 0.3) is 10.2 Å². The molecular formula is C24H23F3N2O2S. The monoisotopic (exact) mass is 460 g/mol. The first-order valence-electron chi connectivity index (χ1n) is 10.7. The molecule has 1 amide bonds. The van der Waals surface area contributed by atoms with Crippen LogP contribution in [-0.2, 0) is 17.5 Å². The molecule has 4 nitrogen and oxygen atoms in total. The topological polar surface area (TPSA) is 51.1 Å². The third kappa shape index (κ3) is 3.74. The van der Waals surface area contributed by atoms with Crippen LogP contribution in [0.3, 0.4) is 0 Å². The number of thiophene rings is 1. The number of nitrogens with one attached hydrogen (secondary N) is 1. The number of alkyl halides is 3. The van der Waals surface area contributed by atoms with E-state index in [2.05, 4.69) is 5.32 Å². The van der Waals surface area contributed by atoms with E-state index >= 15 is 0 Å². The number of benzene rings is 1. The molecule has 2 aromatic heterocycles. The number of fused-ring (bicyclic) bond motifs is 1. The normalized spacial score (nSPS) is 24.9. The van der Waals surface area contributed by atoms with Crippen molar-refractivity contribution in [3.8, 4) is 0 Å². The van der Waals surface area contributed by atoms with Gasteiger partial charge in [-0.05, 0) is 61.8 Å². The van der Waals surface area contributed by atoms with Crippen LogP contribution < -0.4 is 5.32 Å². The minimum Gasteiger partial charge on any atom is -0.349 e. The summed E-state index contributed by atoms with van der Waals surface area (Å²) in [6.45, 7) is 2.04. The van der Waals surface area contributed by atoms with E-state index in [-0.39, 0.29) is 29.1 Å². The van der Waals surface area contributed by atoms with Gasteiger partial charge in [-0.2, -0.15) is 13.2 Å². The number of hydrogen-bond donors (Lipinski definition) is 1. The fourth-order valence-electron chi connectivity index (χ4n) is 5.26. The number of carbonyl (C=O) groups excluding carboxylic acids is 2. The lowest BCUT2D eigenvalue weighted by molar-refractivity contribution is -0.137. The average Bonchev–Trinajstić information content (AvgIpc) is 3.25. The Balaban J connectivity index is 1.26. The molecule has 0 radical (unpaired) electrons. The molecule has 5 rings (SSSR count). The molecule has 32 heavy (non-hydrogen) atoms. The molecule has 2 saturated carbocycles. The summed E-state index contributed by atoms with van der Waals surface area (Å²) in [6.07, 6.45) is 1.22. The number of hydrogen-bond acceptors (Lipinski definition) is 3. The molecule has 168 valence electrons. The highest BCUT2D eigenvalue weighted by Gasteiger charge is 2.54. The number of Topliss-reactive ketones (excluding diaryl/α,β-unsaturated/α-hetero) is 1. The number of ketones is 1. The van der Waals surface area contributed by atoms with Crippen molar-refractivity contribution in [1.29, 1.82) is 0 Å². The van der Waals surface area contributed by atoms with Crippen LogP contribution in [0.2, 0.25) is 0 Å². The van der Waals surface area contributed by atoms with Gasteiger partial charge >= 0.3 is 6.18 Å². The molecule has 8 heteroatoms. The Morgan fingerprint density at radius 3 is 2.44 bits per heavy atom. The predicted molar refractivity (Wildman–Crippen MR) is 117 cm³/mol. The molecule has 0 aliphatic heterocycles. The minimum absolute atomic E-state index is 0.120. The first-order chi connectivity index (χ1) is 15.1. The first-order valence-corrected chi connectivity index (χ1v) is 11.6. The van der Waals surface area contributed by atoms with E-state index < -0.39 is 11.7 Å². The highest BCUT2D eigenvalue weighted by molar-refractivity contribution is 7.17. The molecule has 2 heterocycles. The number of aromatic nitrogens is 1. The summed E-state index contributed by atoms with van der Waals surface area (Å²) >= 11 is 1.48. The van der Waals surface area contributed by atoms with Gasteiger partial charge in [0.15, 0.2) is 0 Å². The Hall–Kier alpha value is -2.61. The Morgan fingerprint density at radius 2 is 1.81 bits per heavy atom. The lowest BCUT2D eigenvalue weighted by atomic mass is 9.49. The van der Waals surface area contributed by atoms with Crippen LogP contribution in [0, 0.1) is 11.3 Å². The molecule has 2 aliphatic carbocycles. The molecule has 1 aromatic carbocycles. The Bertz CT molecular complexity index is 1180. The van der Waals surface area contributed by atoms with Crippen molar-refractivity contribution in [3.63, 3.8) is 0 Å². The van der Waals surface area contributed by atoms with Gasteiger partial charge in [0, 0.05) is 30.1 Å². The molecule has 1 spiro atoms. The molecule has 2 aliphatic rings. The standard InChI is InChI=1S/C24H23F3N2O2S/c1-14(30)16-8-23(9-16)10-18(11-23)28-22(31)19-13-32-20-6-7-29(21(19)20)12-15-2-4-17(5-3-15)24(25,26)27/h2-7,13,16,18H,8-12H2,1H3,(H,28,31). The lowest BCUT2D eigenvalue weighted by Gasteiger charge is -2.57. The highest BCUT2D eigenvalue weighted by Crippen LogP contribution is 2.58. The smallest absolute Gasteiger partial charge is 0.349 e. The maximum atomic E-state index is 13.0. The quantitative estimate of drug-likeness (QED) is 0.535. The molecule has 2 fully saturated rings. The van der Waals surface area contributed by atoms with Crippen molar-refractivity contribution in [2.24, 2.45) is 11.3 Å². The predicted octanol–water partition coefficient (Wildman–Crippen LogP) is 5.65. The van der Waals surface area contributed by atoms with Crippen LogP contribution in [-0.4, -0.2) is 22.3 Å². The summed E-state index contributed by atoms with van der Waals surface area (Å²) < 4.78 is 41.3. The second kappa shape index (κ2) is 7.47. The fraction of sp³-hybridized carbons (Fsp3) is 0.417. The van der Waals surface area contributed by atoms with Gasteiger partial charge in [0.25, 0.3) is 5.91 Å². The summed E-state index contributed by atoms with van der Waals surface area (Å²) in [6, 6.07) is 7.17. The second-order valence-electron chi connectivity index (χ2n) is 9.30. The largest absolute Gasteiger partial charge is 0.416 e. The maximum absolute atomic E-state index is 13.0. The van der Waals surface area contributed by atoms with Crippen molar-refractivity contribution in [2.75, 3.05) is 0 Å². The van der Waals surface area contributed by atoms with Gasteiger partial charge in [0.1, 0.15) is 5.78 Å². The van der Waals surface area contributed by atoms with Gasteiger partial charge in [0.05, 0.1) is 21.3 Å². The molecule has 0 saturated heterocycles. The van der Waals surface area contributed by atoms with Crippen LogP contribution >= 0.6 is 11.3 Å². The van der Waals surface area contributed by atoms with Gasteiger partial charge in [-0.15, -0.1) is 11.3 Å². The maximum Gasteiger partial charge on any atom is 0.416 e. The van der Waals surface area contributed by atoms with Gasteiger partial charge < -0.3 is 9.88 Å². The van der Waals surface area contributed by atoms with Crippen LogP contribution in [0.4, 0.5) is 13.2 Å². The molecule has 0 atom stereocenters. The van der Waals surface area contributed by atoms with Crippen molar-refractivity contribution in [2.45, 2.75) is 51.4 Å². The number of rotatable bonds is 5. The zero-order valence-electron chi connectivity index (χ0n) is 17.5. The van der Waals surface area contributed by atoms with Crippen LogP contribution in [0.5, 0.6) is 0 Å². The minimum atomic E-state index is -4.36. The van der Waals surface area contributed by atoms with Gasteiger partial charge in [0.2, 0.25) is 0 Å². The van der Waals surface area contributed by atoms with Crippen molar-refractivity contribution >= 4 is 33.2 Å². The van der Waals surface area contributed by atoms with E-state index in [1.165, 1.54) is 23.5 Å². The van der Waals surface area contributed by atoms with E-state index in [0.29, 0.717) is 12.1 Å². The summed E-state index contributed by atoms with van der Waals surface area (Å²) in [5.74, 6) is 0.333. The van der Waals surface area contributed by atoms with Crippen molar-refractivity contribution < 1.29 is 22.8 Å². The average molecular weight is 461 g/mol. The van der Waals surface area contributed by atoms with Crippen LogP contribution in [0.15, 0.2) is 41.9 Å². The lowest BCUT2D eigenvalue weighted by Crippen LogP contribution is -2.57.